The van der Waals surface area contributed by atoms with E-state index in [-0.39, 0.29) is 5.41 Å². The Morgan fingerprint density at radius 1 is 0.396 bits per heavy atom. The molecule has 1 heteroatoms. The first-order chi connectivity index (χ1) is 23.6. The van der Waals surface area contributed by atoms with Gasteiger partial charge in [-0.1, -0.05) is 129 Å². The molecule has 0 aliphatic heterocycles. The second-order valence-electron chi connectivity index (χ2n) is 14.1. The molecule has 0 radical (unpaired) electrons. The highest BCUT2D eigenvalue weighted by atomic mass is 15.0. The summed E-state index contributed by atoms with van der Waals surface area (Å²) in [5, 5.41) is 7.80. The second kappa shape index (κ2) is 9.12. The lowest BCUT2D eigenvalue weighted by Crippen LogP contribution is -2.14. The van der Waals surface area contributed by atoms with Crippen LogP contribution in [0.3, 0.4) is 0 Å². The molecule has 0 saturated carbocycles. The molecule has 0 amide bonds. The fourth-order valence-corrected chi connectivity index (χ4v) is 9.04. The Morgan fingerprint density at radius 3 is 1.94 bits per heavy atom. The predicted octanol–water partition coefficient (Wildman–Crippen LogP) is 12.7. The van der Waals surface area contributed by atoms with Crippen molar-refractivity contribution >= 4 is 43.4 Å². The van der Waals surface area contributed by atoms with Crippen LogP contribution in [0.5, 0.6) is 0 Å². The predicted molar refractivity (Wildman–Crippen MR) is 203 cm³/mol. The normalized spacial score (nSPS) is 13.8. The largest absolute Gasteiger partial charge is 0.309 e. The van der Waals surface area contributed by atoms with Crippen LogP contribution in [0.1, 0.15) is 25.0 Å². The molecule has 0 spiro atoms. The van der Waals surface area contributed by atoms with Crippen molar-refractivity contribution < 1.29 is 0 Å². The topological polar surface area (TPSA) is 4.93 Å². The molecule has 2 aliphatic rings. The van der Waals surface area contributed by atoms with E-state index in [1.165, 1.54) is 105 Å². The highest BCUT2D eigenvalue weighted by molar-refractivity contribution is 6.19. The van der Waals surface area contributed by atoms with Crippen molar-refractivity contribution in [3.8, 4) is 50.2 Å². The van der Waals surface area contributed by atoms with E-state index in [9.17, 15) is 0 Å². The average Bonchev–Trinajstić information content (AvgIpc) is 3.71. The summed E-state index contributed by atoms with van der Waals surface area (Å²) in [6.07, 6.45) is 0. The Morgan fingerprint density at radius 2 is 1.06 bits per heavy atom. The fourth-order valence-electron chi connectivity index (χ4n) is 9.04. The van der Waals surface area contributed by atoms with Crippen molar-refractivity contribution in [3.05, 3.63) is 163 Å². The van der Waals surface area contributed by atoms with Crippen LogP contribution in [0.2, 0.25) is 0 Å². The zero-order chi connectivity index (χ0) is 31.7. The van der Waals surface area contributed by atoms with E-state index < -0.39 is 0 Å². The number of aromatic nitrogens is 1. The molecule has 11 rings (SSSR count). The third-order valence-electron chi connectivity index (χ3n) is 11.3. The maximum absolute atomic E-state index is 2.47. The molecule has 1 heterocycles. The van der Waals surface area contributed by atoms with Crippen LogP contribution in [0.25, 0.3) is 93.5 Å². The lowest BCUT2D eigenvalue weighted by molar-refractivity contribution is 0.661. The molecular weight excluding hydrogens is 579 g/mol. The number of nitrogens with zero attached hydrogens (tertiary/aromatic N) is 1. The van der Waals surface area contributed by atoms with Gasteiger partial charge in [-0.3, -0.25) is 0 Å². The summed E-state index contributed by atoms with van der Waals surface area (Å²) in [5.74, 6) is 0. The number of fused-ring (bicyclic) bond motifs is 10. The molecule has 2 aliphatic carbocycles. The Balaban J connectivity index is 1.08. The Kier molecular flexibility index (Phi) is 4.97. The van der Waals surface area contributed by atoms with Gasteiger partial charge in [0.05, 0.1) is 11.0 Å². The minimum atomic E-state index is -0.0289. The zero-order valence-electron chi connectivity index (χ0n) is 26.9. The van der Waals surface area contributed by atoms with Crippen LogP contribution in [0.15, 0.2) is 152 Å². The van der Waals surface area contributed by atoms with Gasteiger partial charge >= 0.3 is 0 Å². The first-order valence-electron chi connectivity index (χ1n) is 16.9. The van der Waals surface area contributed by atoms with Crippen LogP contribution in [0.4, 0.5) is 0 Å². The smallest absolute Gasteiger partial charge is 0.0547 e. The van der Waals surface area contributed by atoms with Gasteiger partial charge in [0.2, 0.25) is 0 Å². The zero-order valence-corrected chi connectivity index (χ0v) is 26.9. The summed E-state index contributed by atoms with van der Waals surface area (Å²) in [6, 6.07) is 56.8. The monoisotopic (exact) mass is 609 g/mol. The summed E-state index contributed by atoms with van der Waals surface area (Å²) >= 11 is 0. The number of hydrogen-bond acceptors (Lipinski definition) is 0. The molecule has 0 N–H and O–H groups in total. The van der Waals surface area contributed by atoms with Crippen LogP contribution in [-0.2, 0) is 5.41 Å². The van der Waals surface area contributed by atoms with Crippen molar-refractivity contribution in [2.45, 2.75) is 19.3 Å². The molecule has 1 aromatic heterocycles. The van der Waals surface area contributed by atoms with Crippen molar-refractivity contribution in [1.29, 1.82) is 0 Å². The van der Waals surface area contributed by atoms with E-state index in [0.29, 0.717) is 0 Å². The first kappa shape index (κ1) is 26.2. The Labute approximate surface area is 279 Å². The SMILES string of the molecule is CC1(C)c2ccccc2-c2cc3c(cc21)c1ccccc1n3-c1ccc2cc(-c3ccc4c5c(cccc35)-c3ccccc3-4)ccc2c1. The third-order valence-corrected chi connectivity index (χ3v) is 11.3. The molecule has 0 saturated heterocycles. The highest BCUT2D eigenvalue weighted by Gasteiger charge is 2.36. The van der Waals surface area contributed by atoms with Crippen LogP contribution in [-0.4, -0.2) is 4.57 Å². The lowest BCUT2D eigenvalue weighted by atomic mass is 9.82. The summed E-state index contributed by atoms with van der Waals surface area (Å²) in [5.41, 5.74) is 17.1. The summed E-state index contributed by atoms with van der Waals surface area (Å²) < 4.78 is 2.47. The fraction of sp³-hybridized carbons (Fsp3) is 0.0638. The molecule has 1 nitrogen and oxygen atoms in total. The molecule has 0 bridgehead atoms. The Bertz CT molecular complexity index is 2830. The number of rotatable bonds is 2. The molecule has 0 unspecified atom stereocenters. The second-order valence-corrected chi connectivity index (χ2v) is 14.1. The molecule has 8 aromatic carbocycles. The van der Waals surface area contributed by atoms with Gasteiger partial charge < -0.3 is 4.57 Å². The summed E-state index contributed by atoms with van der Waals surface area (Å²) in [4.78, 5) is 0. The van der Waals surface area contributed by atoms with E-state index in [0.717, 1.165) is 0 Å². The molecule has 0 fully saturated rings. The first-order valence-corrected chi connectivity index (χ1v) is 16.9. The van der Waals surface area contributed by atoms with Gasteiger partial charge in [0, 0.05) is 21.9 Å². The van der Waals surface area contributed by atoms with Crippen LogP contribution >= 0.6 is 0 Å². The average molecular weight is 610 g/mol. The molecule has 0 atom stereocenters. The van der Waals surface area contributed by atoms with Gasteiger partial charge in [-0.15, -0.1) is 0 Å². The lowest BCUT2D eigenvalue weighted by Gasteiger charge is -2.21. The summed E-state index contributed by atoms with van der Waals surface area (Å²) in [7, 11) is 0. The van der Waals surface area contributed by atoms with Gasteiger partial charge in [-0.25, -0.2) is 0 Å². The quantitative estimate of drug-likeness (QED) is 0.184. The van der Waals surface area contributed by atoms with Gasteiger partial charge in [-0.2, -0.15) is 0 Å². The van der Waals surface area contributed by atoms with Crippen molar-refractivity contribution in [3.63, 3.8) is 0 Å². The van der Waals surface area contributed by atoms with Crippen molar-refractivity contribution in [1.82, 2.24) is 4.57 Å². The van der Waals surface area contributed by atoms with E-state index >= 15 is 0 Å². The number of benzene rings is 8. The maximum Gasteiger partial charge on any atom is 0.0547 e. The van der Waals surface area contributed by atoms with E-state index in [2.05, 4.69) is 170 Å². The van der Waals surface area contributed by atoms with Gasteiger partial charge in [0.1, 0.15) is 0 Å². The van der Waals surface area contributed by atoms with E-state index in [1.807, 2.05) is 0 Å². The maximum atomic E-state index is 2.47. The minimum Gasteiger partial charge on any atom is -0.309 e. The van der Waals surface area contributed by atoms with E-state index in [1.54, 1.807) is 0 Å². The molecular formula is C47H31N. The molecule has 48 heavy (non-hydrogen) atoms. The van der Waals surface area contributed by atoms with Crippen LogP contribution < -0.4 is 0 Å². The third kappa shape index (κ3) is 3.31. The van der Waals surface area contributed by atoms with Crippen molar-refractivity contribution in [2.75, 3.05) is 0 Å². The summed E-state index contributed by atoms with van der Waals surface area (Å²) in [6.45, 7) is 4.73. The number of para-hydroxylation sites is 1. The van der Waals surface area contributed by atoms with Crippen LogP contribution in [0, 0.1) is 0 Å². The minimum absolute atomic E-state index is 0.0289. The van der Waals surface area contributed by atoms with Gasteiger partial charge in [0.15, 0.2) is 0 Å². The highest BCUT2D eigenvalue weighted by Crippen LogP contribution is 2.52. The molecule has 9 aromatic rings. The van der Waals surface area contributed by atoms with E-state index in [4.69, 9.17) is 0 Å². The standard InChI is InChI=1S/C47H31N/c1-47(2)42-16-7-5-12-35(42)40-27-45-41(26-43(40)47)36-13-6-8-17-44(36)48(45)31-21-20-28-24-30(19-18-29(28)25-31)32-22-23-39-34-11-4-3-10-33(34)38-15-9-14-37(32)46(38)39/h3-27H,1-2H3. The van der Waals surface area contributed by atoms with Gasteiger partial charge in [-0.05, 0) is 114 Å². The Hall–Kier alpha value is -5.92. The number of hydrogen-bond donors (Lipinski definition) is 0. The van der Waals surface area contributed by atoms with Gasteiger partial charge in [0.25, 0.3) is 0 Å². The van der Waals surface area contributed by atoms with Crippen molar-refractivity contribution in [2.24, 2.45) is 0 Å². The molecule has 224 valence electrons.